The van der Waals surface area contributed by atoms with Gasteiger partial charge in [-0.2, -0.15) is 0 Å². The number of carbonyl (C=O) groups excluding carboxylic acids is 2. The number of aromatic amines is 1. The molecule has 0 bridgehead atoms. The predicted octanol–water partition coefficient (Wildman–Crippen LogP) is 2.86. The van der Waals surface area contributed by atoms with Crippen molar-refractivity contribution in [1.29, 1.82) is 0 Å². The second-order valence-corrected chi connectivity index (χ2v) is 7.01. The molecular weight excluding hydrogens is 356 g/mol. The summed E-state index contributed by atoms with van der Waals surface area (Å²) in [5.41, 5.74) is 1.58. The monoisotopic (exact) mass is 384 g/mol. The molecule has 7 heteroatoms. The van der Waals surface area contributed by atoms with Crippen LogP contribution >= 0.6 is 0 Å². The van der Waals surface area contributed by atoms with Crippen molar-refractivity contribution in [2.45, 2.75) is 32.9 Å². The fraction of sp³-hybridized carbons (Fsp3) is 0.429. The maximum atomic E-state index is 12.5. The Bertz CT molecular complexity index is 783. The molecule has 3 amide bonds. The molecule has 1 aromatic heterocycles. The highest BCUT2D eigenvalue weighted by molar-refractivity contribution is 5.92. The molecule has 0 saturated carbocycles. The summed E-state index contributed by atoms with van der Waals surface area (Å²) in [5.74, 6) is 0.792. The molecular formula is C21H28N4O3. The van der Waals surface area contributed by atoms with Crippen LogP contribution in [0.1, 0.15) is 36.3 Å². The van der Waals surface area contributed by atoms with E-state index in [0.717, 1.165) is 17.7 Å². The normalized spacial score (nSPS) is 15.2. The highest BCUT2D eigenvalue weighted by atomic mass is 16.5. The topological polar surface area (TPSA) is 77.7 Å². The Hall–Kier alpha value is -2.96. The van der Waals surface area contributed by atoms with E-state index < -0.39 is 0 Å². The first-order valence-corrected chi connectivity index (χ1v) is 9.78. The number of rotatable bonds is 6. The molecule has 1 aliphatic heterocycles. The Morgan fingerprint density at radius 3 is 2.57 bits per heavy atom. The Labute approximate surface area is 165 Å². The van der Waals surface area contributed by atoms with E-state index in [-0.39, 0.29) is 18.0 Å². The van der Waals surface area contributed by atoms with Crippen molar-refractivity contribution >= 4 is 11.9 Å². The summed E-state index contributed by atoms with van der Waals surface area (Å²) in [6.45, 7) is 6.67. The van der Waals surface area contributed by atoms with Gasteiger partial charge in [-0.25, -0.2) is 4.79 Å². The van der Waals surface area contributed by atoms with Crippen LogP contribution in [0.3, 0.4) is 0 Å². The molecule has 1 unspecified atom stereocenters. The molecule has 0 aliphatic carbocycles. The van der Waals surface area contributed by atoms with Gasteiger partial charge in [-0.05, 0) is 43.2 Å². The first-order chi connectivity index (χ1) is 13.6. The van der Waals surface area contributed by atoms with Crippen LogP contribution in [0.2, 0.25) is 0 Å². The lowest BCUT2D eigenvalue weighted by Gasteiger charge is -2.34. The molecule has 2 aromatic rings. The number of nitrogens with one attached hydrogen (secondary N) is 2. The van der Waals surface area contributed by atoms with Gasteiger partial charge in [-0.15, -0.1) is 0 Å². The number of aromatic nitrogens is 1. The average molecular weight is 384 g/mol. The van der Waals surface area contributed by atoms with Crippen LogP contribution in [0.15, 0.2) is 42.6 Å². The minimum absolute atomic E-state index is 0.0248. The van der Waals surface area contributed by atoms with Crippen molar-refractivity contribution < 1.29 is 14.3 Å². The molecule has 28 heavy (non-hydrogen) atoms. The summed E-state index contributed by atoms with van der Waals surface area (Å²) in [6, 6.07) is 11.2. The molecule has 150 valence electrons. The van der Waals surface area contributed by atoms with Crippen molar-refractivity contribution in [2.75, 3.05) is 26.2 Å². The number of benzene rings is 1. The Morgan fingerprint density at radius 1 is 1.14 bits per heavy atom. The first-order valence-electron chi connectivity index (χ1n) is 9.78. The van der Waals surface area contributed by atoms with Crippen LogP contribution in [0, 0.1) is 0 Å². The minimum Gasteiger partial charge on any atom is -0.491 e. The zero-order chi connectivity index (χ0) is 19.9. The molecule has 1 aromatic carbocycles. The summed E-state index contributed by atoms with van der Waals surface area (Å²) in [6.07, 6.45) is 2.84. The SMILES string of the molecule is CCC(C)Oc1cccc(CNC(=O)N2CCN(C(=O)c3ccc[nH]3)CC2)c1. The maximum Gasteiger partial charge on any atom is 0.317 e. The van der Waals surface area contributed by atoms with Crippen molar-refractivity contribution in [3.8, 4) is 5.75 Å². The highest BCUT2D eigenvalue weighted by Crippen LogP contribution is 2.16. The summed E-state index contributed by atoms with van der Waals surface area (Å²) in [4.78, 5) is 31.3. The van der Waals surface area contributed by atoms with Gasteiger partial charge >= 0.3 is 6.03 Å². The third-order valence-corrected chi connectivity index (χ3v) is 4.94. The maximum absolute atomic E-state index is 12.5. The van der Waals surface area contributed by atoms with Gasteiger partial charge in [-0.1, -0.05) is 19.1 Å². The summed E-state index contributed by atoms with van der Waals surface area (Å²) < 4.78 is 5.83. The quantitative estimate of drug-likeness (QED) is 0.804. The Kier molecular flexibility index (Phi) is 6.57. The fourth-order valence-corrected chi connectivity index (χ4v) is 3.08. The second kappa shape index (κ2) is 9.30. The Balaban J connectivity index is 1.46. The third kappa shape index (κ3) is 5.06. The van der Waals surface area contributed by atoms with E-state index in [2.05, 4.69) is 17.2 Å². The number of amides is 3. The summed E-state index contributed by atoms with van der Waals surface area (Å²) >= 11 is 0. The fourth-order valence-electron chi connectivity index (χ4n) is 3.08. The van der Waals surface area contributed by atoms with Crippen molar-refractivity contribution in [2.24, 2.45) is 0 Å². The lowest BCUT2D eigenvalue weighted by Crippen LogP contribution is -2.53. The number of hydrogen-bond donors (Lipinski definition) is 2. The Morgan fingerprint density at radius 2 is 1.89 bits per heavy atom. The van der Waals surface area contributed by atoms with Crippen LogP contribution in [-0.2, 0) is 6.54 Å². The van der Waals surface area contributed by atoms with Crippen molar-refractivity contribution in [3.05, 3.63) is 53.9 Å². The lowest BCUT2D eigenvalue weighted by atomic mass is 10.2. The minimum atomic E-state index is -0.111. The van der Waals surface area contributed by atoms with Crippen LogP contribution in [0.4, 0.5) is 4.79 Å². The van der Waals surface area contributed by atoms with Gasteiger partial charge in [0, 0.05) is 38.9 Å². The van der Waals surface area contributed by atoms with Crippen LogP contribution < -0.4 is 10.1 Å². The van der Waals surface area contributed by atoms with Gasteiger partial charge < -0.3 is 24.8 Å². The molecule has 0 radical (unpaired) electrons. The number of carbonyl (C=O) groups is 2. The molecule has 1 atom stereocenters. The van der Waals surface area contributed by atoms with Gasteiger partial charge in [0.25, 0.3) is 5.91 Å². The van der Waals surface area contributed by atoms with Gasteiger partial charge in [0.1, 0.15) is 11.4 Å². The van der Waals surface area contributed by atoms with Crippen LogP contribution in [-0.4, -0.2) is 59.0 Å². The van der Waals surface area contributed by atoms with Gasteiger partial charge in [0.2, 0.25) is 0 Å². The number of hydrogen-bond acceptors (Lipinski definition) is 3. The number of urea groups is 1. The lowest BCUT2D eigenvalue weighted by molar-refractivity contribution is 0.0660. The number of nitrogens with zero attached hydrogens (tertiary/aromatic N) is 2. The van der Waals surface area contributed by atoms with E-state index in [9.17, 15) is 9.59 Å². The largest absolute Gasteiger partial charge is 0.491 e. The molecule has 2 heterocycles. The smallest absolute Gasteiger partial charge is 0.317 e. The van der Waals surface area contributed by atoms with Crippen LogP contribution in [0.5, 0.6) is 5.75 Å². The number of H-pyrrole nitrogens is 1. The zero-order valence-corrected chi connectivity index (χ0v) is 16.5. The zero-order valence-electron chi connectivity index (χ0n) is 16.5. The predicted molar refractivity (Wildman–Crippen MR) is 107 cm³/mol. The van der Waals surface area contributed by atoms with E-state index in [1.807, 2.05) is 31.2 Å². The summed E-state index contributed by atoms with van der Waals surface area (Å²) in [7, 11) is 0. The molecule has 7 nitrogen and oxygen atoms in total. The first kappa shape index (κ1) is 19.8. The molecule has 0 spiro atoms. The second-order valence-electron chi connectivity index (χ2n) is 7.01. The average Bonchev–Trinajstić information content (AvgIpc) is 3.26. The number of ether oxygens (including phenoxy) is 1. The molecule has 1 aliphatic rings. The standard InChI is InChI=1S/C21H28N4O3/c1-3-16(2)28-18-7-4-6-17(14-18)15-23-21(27)25-12-10-24(11-13-25)20(26)19-8-5-9-22-19/h4-9,14,16,22H,3,10-13,15H2,1-2H3,(H,23,27). The summed E-state index contributed by atoms with van der Waals surface area (Å²) in [5, 5.41) is 2.96. The molecule has 3 rings (SSSR count). The van der Waals surface area contributed by atoms with Gasteiger partial charge in [0.05, 0.1) is 6.10 Å². The van der Waals surface area contributed by atoms with E-state index >= 15 is 0 Å². The number of piperazine rings is 1. The van der Waals surface area contributed by atoms with Crippen molar-refractivity contribution in [3.63, 3.8) is 0 Å². The van der Waals surface area contributed by atoms with E-state index in [1.54, 1.807) is 28.1 Å². The third-order valence-electron chi connectivity index (χ3n) is 4.94. The van der Waals surface area contributed by atoms with E-state index in [0.29, 0.717) is 38.4 Å². The van der Waals surface area contributed by atoms with Crippen LogP contribution in [0.25, 0.3) is 0 Å². The highest BCUT2D eigenvalue weighted by Gasteiger charge is 2.25. The molecule has 2 N–H and O–H groups in total. The van der Waals surface area contributed by atoms with Crippen molar-refractivity contribution in [1.82, 2.24) is 20.1 Å². The molecule has 1 fully saturated rings. The molecule has 1 saturated heterocycles. The van der Waals surface area contributed by atoms with E-state index in [1.165, 1.54) is 0 Å². The van der Waals surface area contributed by atoms with Gasteiger partial charge in [-0.3, -0.25) is 4.79 Å². The van der Waals surface area contributed by atoms with E-state index in [4.69, 9.17) is 4.74 Å². The van der Waals surface area contributed by atoms with Gasteiger partial charge in [0.15, 0.2) is 0 Å².